The van der Waals surface area contributed by atoms with Gasteiger partial charge in [0.15, 0.2) is 5.13 Å². The Morgan fingerprint density at radius 3 is 2.86 bits per heavy atom. The number of carbonyl (C=O) groups excluding carboxylic acids is 1. The minimum Gasteiger partial charge on any atom is -0.477 e. The Balaban J connectivity index is 1.48. The standard InChI is InChI=1S/C23H26FN5O4S2/c1-3-33-21-12-25-11-19(26-21)14-4-7-16(17(24)10-14)22(30)27-18(8-9-32-2)20-13-34-23(28-20)29-35(31)15-5-6-15/h4,7,10-13,15,18H,3,5-6,8-9H2,1-2H3,(H,27,30)(H,28,29). The first-order valence-corrected chi connectivity index (χ1v) is 13.2. The lowest BCUT2D eigenvalue weighted by Gasteiger charge is -2.17. The zero-order chi connectivity index (χ0) is 24.8. The molecule has 186 valence electrons. The average molecular weight is 520 g/mol. The van der Waals surface area contributed by atoms with Gasteiger partial charge in [0.2, 0.25) is 5.88 Å². The highest BCUT2D eigenvalue weighted by atomic mass is 32.2. The van der Waals surface area contributed by atoms with E-state index in [4.69, 9.17) is 9.47 Å². The summed E-state index contributed by atoms with van der Waals surface area (Å²) in [5, 5.41) is 5.33. The Morgan fingerprint density at radius 2 is 2.14 bits per heavy atom. The van der Waals surface area contributed by atoms with Crippen LogP contribution in [0.3, 0.4) is 0 Å². The highest BCUT2D eigenvalue weighted by Crippen LogP contribution is 2.29. The third-order valence-corrected chi connectivity index (χ3v) is 7.60. The maximum Gasteiger partial charge on any atom is 0.254 e. The monoisotopic (exact) mass is 519 g/mol. The molecule has 1 aliphatic carbocycles. The van der Waals surface area contributed by atoms with Crippen LogP contribution in [0.2, 0.25) is 0 Å². The Morgan fingerprint density at radius 1 is 1.31 bits per heavy atom. The minimum absolute atomic E-state index is 0.103. The second kappa shape index (κ2) is 11.6. The molecular formula is C23H26FN5O4S2. The molecule has 0 saturated heterocycles. The van der Waals surface area contributed by atoms with Crippen molar-refractivity contribution in [2.75, 3.05) is 25.0 Å². The number of thiazole rings is 1. The van der Waals surface area contributed by atoms with E-state index in [1.54, 1.807) is 18.6 Å². The van der Waals surface area contributed by atoms with E-state index in [0.29, 0.717) is 47.6 Å². The quantitative estimate of drug-likeness (QED) is 0.373. The molecule has 2 N–H and O–H groups in total. The molecule has 4 rings (SSSR count). The molecule has 9 nitrogen and oxygen atoms in total. The number of halogens is 1. The maximum absolute atomic E-state index is 14.9. The van der Waals surface area contributed by atoms with E-state index >= 15 is 0 Å². The Labute approximate surface area is 209 Å². The zero-order valence-corrected chi connectivity index (χ0v) is 21.0. The molecule has 0 aliphatic heterocycles. The van der Waals surface area contributed by atoms with Crippen LogP contribution in [0.25, 0.3) is 11.3 Å². The molecule has 1 fully saturated rings. The number of rotatable bonds is 12. The van der Waals surface area contributed by atoms with Gasteiger partial charge in [-0.15, -0.1) is 11.3 Å². The van der Waals surface area contributed by atoms with Crippen molar-refractivity contribution in [3.63, 3.8) is 0 Å². The van der Waals surface area contributed by atoms with Gasteiger partial charge >= 0.3 is 0 Å². The molecule has 3 aromatic rings. The fourth-order valence-corrected chi connectivity index (χ4v) is 5.27. The van der Waals surface area contributed by atoms with Gasteiger partial charge in [-0.3, -0.25) is 14.5 Å². The maximum atomic E-state index is 14.9. The van der Waals surface area contributed by atoms with Crippen LogP contribution < -0.4 is 14.8 Å². The van der Waals surface area contributed by atoms with Crippen molar-refractivity contribution in [1.29, 1.82) is 0 Å². The third-order valence-electron chi connectivity index (χ3n) is 5.22. The van der Waals surface area contributed by atoms with E-state index in [9.17, 15) is 13.4 Å². The van der Waals surface area contributed by atoms with Gasteiger partial charge < -0.3 is 14.8 Å². The van der Waals surface area contributed by atoms with Gasteiger partial charge in [0, 0.05) is 24.7 Å². The van der Waals surface area contributed by atoms with Gasteiger partial charge in [-0.05, 0) is 38.3 Å². The van der Waals surface area contributed by atoms with E-state index < -0.39 is 28.8 Å². The van der Waals surface area contributed by atoms with Gasteiger partial charge in [-0.25, -0.2) is 18.6 Å². The molecule has 1 amide bonds. The second-order valence-electron chi connectivity index (χ2n) is 7.85. The molecule has 2 unspecified atom stereocenters. The van der Waals surface area contributed by atoms with Crippen LogP contribution in [0.1, 0.15) is 48.3 Å². The van der Waals surface area contributed by atoms with Crippen LogP contribution in [0, 0.1) is 5.82 Å². The van der Waals surface area contributed by atoms with Crippen LogP contribution in [0.4, 0.5) is 9.52 Å². The number of anilines is 1. The van der Waals surface area contributed by atoms with Crippen molar-refractivity contribution in [1.82, 2.24) is 20.3 Å². The van der Waals surface area contributed by atoms with Crippen molar-refractivity contribution in [3.05, 3.63) is 53.0 Å². The van der Waals surface area contributed by atoms with Crippen molar-refractivity contribution >= 4 is 33.4 Å². The zero-order valence-electron chi connectivity index (χ0n) is 19.3. The minimum atomic E-state index is -1.16. The van der Waals surface area contributed by atoms with Crippen LogP contribution in [-0.2, 0) is 15.7 Å². The summed E-state index contributed by atoms with van der Waals surface area (Å²) in [7, 11) is 0.400. The SMILES string of the molecule is CCOc1cncc(-c2ccc(C(=O)NC(CCOC)c3csc(NS(=O)C4CC4)n3)c(F)c2)n1. The van der Waals surface area contributed by atoms with Crippen molar-refractivity contribution in [2.45, 2.75) is 37.5 Å². The molecule has 1 saturated carbocycles. The number of ether oxygens (including phenoxy) is 2. The van der Waals surface area contributed by atoms with Crippen LogP contribution in [0.15, 0.2) is 36.0 Å². The van der Waals surface area contributed by atoms with Gasteiger partial charge in [-0.1, -0.05) is 6.07 Å². The molecule has 2 atom stereocenters. The topological polar surface area (TPSA) is 115 Å². The molecule has 1 aromatic carbocycles. The first kappa shape index (κ1) is 25.1. The smallest absolute Gasteiger partial charge is 0.254 e. The van der Waals surface area contributed by atoms with Gasteiger partial charge in [0.05, 0.1) is 47.2 Å². The van der Waals surface area contributed by atoms with E-state index in [1.807, 2.05) is 6.92 Å². The van der Waals surface area contributed by atoms with E-state index in [0.717, 1.165) is 12.8 Å². The van der Waals surface area contributed by atoms with Crippen molar-refractivity contribution in [2.24, 2.45) is 0 Å². The van der Waals surface area contributed by atoms with Crippen LogP contribution in [-0.4, -0.2) is 50.6 Å². The molecule has 0 spiro atoms. The fourth-order valence-electron chi connectivity index (χ4n) is 3.27. The Kier molecular flexibility index (Phi) is 8.37. The van der Waals surface area contributed by atoms with E-state index in [-0.39, 0.29) is 10.8 Å². The Bertz CT molecular complexity index is 1200. The normalized spacial score (nSPS) is 14.8. The first-order chi connectivity index (χ1) is 17.0. The number of hydrogen-bond donors (Lipinski definition) is 2. The fraction of sp³-hybridized carbons (Fsp3) is 0.391. The van der Waals surface area contributed by atoms with Crippen LogP contribution >= 0.6 is 11.3 Å². The number of nitrogens with zero attached hydrogens (tertiary/aromatic N) is 3. The molecule has 12 heteroatoms. The lowest BCUT2D eigenvalue weighted by molar-refractivity contribution is 0.0919. The van der Waals surface area contributed by atoms with Crippen molar-refractivity contribution < 1.29 is 22.9 Å². The summed E-state index contributed by atoms with van der Waals surface area (Å²) in [5.74, 6) is -0.922. The number of carbonyl (C=O) groups is 1. The summed E-state index contributed by atoms with van der Waals surface area (Å²) in [6, 6.07) is 3.77. The first-order valence-electron chi connectivity index (χ1n) is 11.2. The molecule has 2 aromatic heterocycles. The molecular weight excluding hydrogens is 493 g/mol. The molecule has 0 bridgehead atoms. The highest BCUT2D eigenvalue weighted by Gasteiger charge is 2.29. The molecule has 2 heterocycles. The summed E-state index contributed by atoms with van der Waals surface area (Å²) in [5.41, 5.74) is 1.40. The van der Waals surface area contributed by atoms with E-state index in [1.165, 1.54) is 35.9 Å². The summed E-state index contributed by atoms with van der Waals surface area (Å²) in [6.45, 7) is 2.64. The molecule has 35 heavy (non-hydrogen) atoms. The molecule has 1 aliphatic rings. The number of nitrogens with one attached hydrogen (secondary N) is 2. The number of methoxy groups -OCH3 is 1. The summed E-state index contributed by atoms with van der Waals surface area (Å²) in [4.78, 5) is 25.8. The lowest BCUT2D eigenvalue weighted by Crippen LogP contribution is -2.30. The van der Waals surface area contributed by atoms with Gasteiger partial charge in [0.25, 0.3) is 5.91 Å². The number of aromatic nitrogens is 3. The summed E-state index contributed by atoms with van der Waals surface area (Å²) < 4.78 is 40.5. The van der Waals surface area contributed by atoms with Gasteiger partial charge in [-0.2, -0.15) is 0 Å². The third kappa shape index (κ3) is 6.59. The highest BCUT2D eigenvalue weighted by molar-refractivity contribution is 7.87. The van der Waals surface area contributed by atoms with E-state index in [2.05, 4.69) is 25.0 Å². The predicted molar refractivity (Wildman–Crippen MR) is 132 cm³/mol. The summed E-state index contributed by atoms with van der Waals surface area (Å²) in [6.07, 6.45) is 5.31. The number of hydrogen-bond acceptors (Lipinski definition) is 8. The predicted octanol–water partition coefficient (Wildman–Crippen LogP) is 3.88. The summed E-state index contributed by atoms with van der Waals surface area (Å²) >= 11 is 1.31. The molecule has 0 radical (unpaired) electrons. The second-order valence-corrected chi connectivity index (χ2v) is 10.2. The number of benzene rings is 1. The largest absolute Gasteiger partial charge is 0.477 e. The number of amides is 1. The van der Waals surface area contributed by atoms with Gasteiger partial charge in [0.1, 0.15) is 16.8 Å². The average Bonchev–Trinajstić information content (AvgIpc) is 3.61. The van der Waals surface area contributed by atoms with Crippen molar-refractivity contribution in [3.8, 4) is 17.1 Å². The Hall–Kier alpha value is -2.96. The van der Waals surface area contributed by atoms with Crippen LogP contribution in [0.5, 0.6) is 5.88 Å². The lowest BCUT2D eigenvalue weighted by atomic mass is 10.1.